The molecule has 0 bridgehead atoms. The molecule has 1 fully saturated rings. The minimum atomic E-state index is -0.545. The van der Waals surface area contributed by atoms with Crippen molar-refractivity contribution in [2.75, 3.05) is 0 Å². The molecular weight excluding hydrogens is 192 g/mol. The molecule has 1 heterocycles. The van der Waals surface area contributed by atoms with Crippen LogP contribution in [0, 0.1) is 11.8 Å². The third-order valence-corrected chi connectivity index (χ3v) is 3.92. The lowest BCUT2D eigenvalue weighted by Crippen LogP contribution is -2.34. The zero-order valence-corrected chi connectivity index (χ0v) is 9.68. The van der Waals surface area contributed by atoms with Gasteiger partial charge in [-0.25, -0.2) is 0 Å². The first-order valence-electron chi connectivity index (χ1n) is 5.35. The van der Waals surface area contributed by atoms with Crippen LogP contribution in [0.1, 0.15) is 38.7 Å². The van der Waals surface area contributed by atoms with Crippen molar-refractivity contribution in [2.24, 2.45) is 11.8 Å². The van der Waals surface area contributed by atoms with Crippen LogP contribution in [0.5, 0.6) is 0 Å². The van der Waals surface area contributed by atoms with E-state index < -0.39 is 5.60 Å². The normalized spacial score (nSPS) is 38.5. The zero-order valence-electron chi connectivity index (χ0n) is 8.86. The van der Waals surface area contributed by atoms with Gasteiger partial charge in [0.25, 0.3) is 0 Å². The fraction of sp³-hybridized carbons (Fsp3) is 0.667. The standard InChI is InChI=1S/C12H18OS/c1-9-5-10(2)7-12(13,6-9)11-3-4-14-8-11/h3-4,8-10,13H,5-7H2,1-2H3. The maximum Gasteiger partial charge on any atom is 0.0909 e. The van der Waals surface area contributed by atoms with Gasteiger partial charge in [0.05, 0.1) is 5.60 Å². The largest absolute Gasteiger partial charge is 0.385 e. The molecule has 2 rings (SSSR count). The Hall–Kier alpha value is -0.340. The minimum absolute atomic E-state index is 0.545. The van der Waals surface area contributed by atoms with E-state index in [1.54, 1.807) is 11.3 Å². The van der Waals surface area contributed by atoms with Crippen molar-refractivity contribution in [1.82, 2.24) is 0 Å². The number of aliphatic hydroxyl groups is 1. The molecule has 0 aliphatic heterocycles. The van der Waals surface area contributed by atoms with E-state index in [4.69, 9.17) is 0 Å². The summed E-state index contributed by atoms with van der Waals surface area (Å²) in [6.45, 7) is 4.49. The van der Waals surface area contributed by atoms with Crippen LogP contribution in [0.15, 0.2) is 16.8 Å². The molecule has 1 saturated carbocycles. The molecule has 1 aliphatic rings. The second-order valence-corrected chi connectivity index (χ2v) is 5.68. The molecule has 1 aromatic heterocycles. The Bertz CT molecular complexity index is 281. The van der Waals surface area contributed by atoms with E-state index in [1.165, 1.54) is 6.42 Å². The Balaban J connectivity index is 2.22. The average molecular weight is 210 g/mol. The van der Waals surface area contributed by atoms with Crippen LogP contribution in [-0.4, -0.2) is 5.11 Å². The van der Waals surface area contributed by atoms with Gasteiger partial charge < -0.3 is 5.11 Å². The van der Waals surface area contributed by atoms with Crippen LogP contribution in [0.4, 0.5) is 0 Å². The molecule has 1 aromatic rings. The summed E-state index contributed by atoms with van der Waals surface area (Å²) in [5.74, 6) is 1.28. The fourth-order valence-corrected chi connectivity index (χ4v) is 3.60. The molecule has 2 heteroatoms. The maximum absolute atomic E-state index is 10.6. The first-order chi connectivity index (χ1) is 6.60. The summed E-state index contributed by atoms with van der Waals surface area (Å²) in [5.41, 5.74) is 0.581. The van der Waals surface area contributed by atoms with Crippen LogP contribution in [0.2, 0.25) is 0 Å². The fourth-order valence-electron chi connectivity index (χ4n) is 2.85. The summed E-state index contributed by atoms with van der Waals surface area (Å²) < 4.78 is 0. The summed E-state index contributed by atoms with van der Waals surface area (Å²) in [6.07, 6.45) is 3.11. The monoisotopic (exact) mass is 210 g/mol. The Kier molecular flexibility index (Phi) is 2.67. The first-order valence-corrected chi connectivity index (χ1v) is 6.29. The Morgan fingerprint density at radius 1 is 1.36 bits per heavy atom. The van der Waals surface area contributed by atoms with Crippen molar-refractivity contribution < 1.29 is 5.11 Å². The Morgan fingerprint density at radius 3 is 2.50 bits per heavy atom. The molecule has 0 spiro atoms. The molecule has 2 atom stereocenters. The Morgan fingerprint density at radius 2 is 2.00 bits per heavy atom. The van der Waals surface area contributed by atoms with Crippen LogP contribution >= 0.6 is 11.3 Å². The average Bonchev–Trinajstić information content (AvgIpc) is 2.52. The summed E-state index contributed by atoms with van der Waals surface area (Å²) in [5, 5.41) is 14.7. The SMILES string of the molecule is CC1CC(C)CC(O)(c2ccsc2)C1. The van der Waals surface area contributed by atoms with Crippen LogP contribution < -0.4 is 0 Å². The van der Waals surface area contributed by atoms with Gasteiger partial charge >= 0.3 is 0 Å². The number of hydrogen-bond donors (Lipinski definition) is 1. The predicted molar refractivity (Wildman–Crippen MR) is 60.4 cm³/mol. The number of hydrogen-bond acceptors (Lipinski definition) is 2. The molecule has 14 heavy (non-hydrogen) atoms. The lowest BCUT2D eigenvalue weighted by atomic mass is 9.71. The van der Waals surface area contributed by atoms with Crippen LogP contribution in [0.25, 0.3) is 0 Å². The molecule has 0 radical (unpaired) electrons. The highest BCUT2D eigenvalue weighted by molar-refractivity contribution is 7.08. The van der Waals surface area contributed by atoms with Crippen molar-refractivity contribution in [1.29, 1.82) is 0 Å². The van der Waals surface area contributed by atoms with Crippen molar-refractivity contribution in [2.45, 2.75) is 38.7 Å². The van der Waals surface area contributed by atoms with E-state index in [-0.39, 0.29) is 0 Å². The highest BCUT2D eigenvalue weighted by atomic mass is 32.1. The van der Waals surface area contributed by atoms with Gasteiger partial charge in [-0.15, -0.1) is 0 Å². The van der Waals surface area contributed by atoms with Gasteiger partial charge in [0.2, 0.25) is 0 Å². The van der Waals surface area contributed by atoms with Crippen LogP contribution in [0.3, 0.4) is 0 Å². The molecule has 78 valence electrons. The van der Waals surface area contributed by atoms with Gasteiger partial charge in [-0.2, -0.15) is 11.3 Å². The number of rotatable bonds is 1. The lowest BCUT2D eigenvalue weighted by Gasteiger charge is -2.38. The highest BCUT2D eigenvalue weighted by Crippen LogP contribution is 2.42. The van der Waals surface area contributed by atoms with E-state index >= 15 is 0 Å². The van der Waals surface area contributed by atoms with Gasteiger partial charge in [0, 0.05) is 0 Å². The second kappa shape index (κ2) is 3.67. The molecule has 1 nitrogen and oxygen atoms in total. The van der Waals surface area contributed by atoms with Crippen LogP contribution in [-0.2, 0) is 5.60 Å². The van der Waals surface area contributed by atoms with Crippen molar-refractivity contribution in [3.8, 4) is 0 Å². The third kappa shape index (κ3) is 1.86. The Labute approximate surface area is 89.8 Å². The van der Waals surface area contributed by atoms with E-state index in [9.17, 15) is 5.11 Å². The molecule has 0 saturated heterocycles. The van der Waals surface area contributed by atoms with Crippen molar-refractivity contribution in [3.63, 3.8) is 0 Å². The molecule has 2 unspecified atom stereocenters. The van der Waals surface area contributed by atoms with Gasteiger partial charge in [-0.05, 0) is 53.5 Å². The molecule has 1 N–H and O–H groups in total. The highest BCUT2D eigenvalue weighted by Gasteiger charge is 2.37. The van der Waals surface area contributed by atoms with Gasteiger partial charge in [0.1, 0.15) is 0 Å². The van der Waals surface area contributed by atoms with E-state index in [0.717, 1.165) is 18.4 Å². The van der Waals surface area contributed by atoms with Gasteiger partial charge in [-0.1, -0.05) is 13.8 Å². The van der Waals surface area contributed by atoms with E-state index in [2.05, 4.69) is 30.7 Å². The first kappa shape index (κ1) is 10.2. The summed E-state index contributed by atoms with van der Waals surface area (Å²) in [4.78, 5) is 0. The summed E-state index contributed by atoms with van der Waals surface area (Å²) in [7, 11) is 0. The van der Waals surface area contributed by atoms with Gasteiger partial charge in [0.15, 0.2) is 0 Å². The molecular formula is C12H18OS. The smallest absolute Gasteiger partial charge is 0.0909 e. The van der Waals surface area contributed by atoms with Gasteiger partial charge in [-0.3, -0.25) is 0 Å². The minimum Gasteiger partial charge on any atom is -0.385 e. The molecule has 0 amide bonds. The van der Waals surface area contributed by atoms with E-state index in [0.29, 0.717) is 11.8 Å². The molecule has 0 aromatic carbocycles. The predicted octanol–water partition coefficient (Wildman–Crippen LogP) is 3.39. The topological polar surface area (TPSA) is 20.2 Å². The third-order valence-electron chi connectivity index (χ3n) is 3.24. The molecule has 1 aliphatic carbocycles. The zero-order chi connectivity index (χ0) is 10.2. The van der Waals surface area contributed by atoms with E-state index in [1.807, 2.05) is 0 Å². The number of thiophene rings is 1. The maximum atomic E-state index is 10.6. The lowest BCUT2D eigenvalue weighted by molar-refractivity contribution is -0.0359. The summed E-state index contributed by atoms with van der Waals surface area (Å²) in [6, 6.07) is 2.06. The quantitative estimate of drug-likeness (QED) is 0.753. The second-order valence-electron chi connectivity index (χ2n) is 4.90. The van der Waals surface area contributed by atoms with Crippen molar-refractivity contribution in [3.05, 3.63) is 22.4 Å². The van der Waals surface area contributed by atoms with Crippen molar-refractivity contribution >= 4 is 11.3 Å². The summed E-state index contributed by atoms with van der Waals surface area (Å²) >= 11 is 1.67.